The average Bonchev–Trinajstić information content (AvgIpc) is 2.99. The summed E-state index contributed by atoms with van der Waals surface area (Å²) in [6.45, 7) is 0. The van der Waals surface area contributed by atoms with Gasteiger partial charge in [-0.15, -0.1) is 0 Å². The van der Waals surface area contributed by atoms with Crippen molar-refractivity contribution in [2.24, 2.45) is 0 Å². The van der Waals surface area contributed by atoms with Gasteiger partial charge in [0.2, 0.25) is 0 Å². The zero-order valence-corrected chi connectivity index (χ0v) is 11.8. The van der Waals surface area contributed by atoms with Crippen LogP contribution in [0.25, 0.3) is 0 Å². The third-order valence-corrected chi connectivity index (χ3v) is 3.34. The maximum Gasteiger partial charge on any atom is 0.349 e. The van der Waals surface area contributed by atoms with Crippen LogP contribution in [0.15, 0.2) is 36.4 Å². The minimum Gasteiger partial charge on any atom is -0.386 e. The molecule has 2 aromatic carbocycles. The highest BCUT2D eigenvalue weighted by Crippen LogP contribution is 2.22. The largest absolute Gasteiger partial charge is 0.386 e. The number of ether oxygens (including phenoxy) is 1. The number of nitrogens with one attached hydrogen (secondary N) is 1. The van der Waals surface area contributed by atoms with Crippen molar-refractivity contribution in [2.75, 3.05) is 0 Å². The monoisotopic (exact) mass is 331 g/mol. The predicted molar refractivity (Wildman–Crippen MR) is 74.3 cm³/mol. The first-order chi connectivity index (χ1) is 11.4. The second-order valence-electron chi connectivity index (χ2n) is 4.79. The van der Waals surface area contributed by atoms with Gasteiger partial charge < -0.3 is 4.74 Å². The molecule has 0 saturated carbocycles. The van der Waals surface area contributed by atoms with E-state index in [9.17, 15) is 28.0 Å². The van der Waals surface area contributed by atoms with Crippen LogP contribution in [0.2, 0.25) is 0 Å². The van der Waals surface area contributed by atoms with Crippen LogP contribution in [0.3, 0.4) is 0 Å². The van der Waals surface area contributed by atoms with Crippen LogP contribution < -0.4 is 5.32 Å². The molecule has 120 valence electrons. The highest BCUT2D eigenvalue weighted by atomic mass is 19.1. The normalized spacial score (nSPS) is 14.4. The first-order valence-electron chi connectivity index (χ1n) is 6.59. The summed E-state index contributed by atoms with van der Waals surface area (Å²) in [6, 6.07) is 7.78. The van der Waals surface area contributed by atoms with E-state index in [0.29, 0.717) is 0 Å². The van der Waals surface area contributed by atoms with E-state index in [0.717, 1.165) is 12.1 Å². The highest BCUT2D eigenvalue weighted by molar-refractivity contribution is 6.21. The van der Waals surface area contributed by atoms with Crippen LogP contribution in [0.4, 0.5) is 8.78 Å². The Morgan fingerprint density at radius 2 is 1.29 bits per heavy atom. The van der Waals surface area contributed by atoms with E-state index >= 15 is 0 Å². The third-order valence-electron chi connectivity index (χ3n) is 3.34. The summed E-state index contributed by atoms with van der Waals surface area (Å²) in [5, 5.41) is 2.01. The predicted octanol–water partition coefficient (Wildman–Crippen LogP) is 1.85. The van der Waals surface area contributed by atoms with Crippen LogP contribution in [-0.2, 0) is 4.74 Å². The van der Waals surface area contributed by atoms with Gasteiger partial charge in [0.05, 0.1) is 16.7 Å². The molecule has 0 bridgehead atoms. The molecule has 0 aliphatic carbocycles. The summed E-state index contributed by atoms with van der Waals surface area (Å²) in [6.07, 6.45) is 0. The van der Waals surface area contributed by atoms with Crippen molar-refractivity contribution >= 4 is 23.8 Å². The van der Waals surface area contributed by atoms with E-state index in [1.807, 2.05) is 5.32 Å². The molecule has 0 atom stereocenters. The molecule has 8 heteroatoms. The number of halogens is 2. The van der Waals surface area contributed by atoms with Crippen LogP contribution in [-0.4, -0.2) is 23.8 Å². The first kappa shape index (κ1) is 15.5. The van der Waals surface area contributed by atoms with Crippen molar-refractivity contribution < 1.29 is 32.7 Å². The smallest absolute Gasteiger partial charge is 0.349 e. The molecule has 2 aromatic rings. The molecule has 24 heavy (non-hydrogen) atoms. The highest BCUT2D eigenvalue weighted by Gasteiger charge is 2.32. The Bertz CT molecular complexity index is 847. The summed E-state index contributed by atoms with van der Waals surface area (Å²) >= 11 is 0. The SMILES string of the molecule is O=C1NC(=O)c2c(F)cccc21.O=C1OC(=O)c2c(F)cccc21. The van der Waals surface area contributed by atoms with Gasteiger partial charge in [-0.05, 0) is 24.3 Å². The molecule has 0 radical (unpaired) electrons. The van der Waals surface area contributed by atoms with Crippen molar-refractivity contribution in [1.29, 1.82) is 0 Å². The zero-order valence-electron chi connectivity index (χ0n) is 11.8. The number of carbonyl (C=O) groups excluding carboxylic acids is 4. The van der Waals surface area contributed by atoms with Gasteiger partial charge in [-0.3, -0.25) is 14.9 Å². The molecule has 0 fully saturated rings. The lowest BCUT2D eigenvalue weighted by molar-refractivity contribution is 0.0441. The van der Waals surface area contributed by atoms with Gasteiger partial charge in [-0.25, -0.2) is 18.4 Å². The fraction of sp³-hybridized carbons (Fsp3) is 0. The fourth-order valence-electron chi connectivity index (χ4n) is 2.27. The first-order valence-corrected chi connectivity index (χ1v) is 6.59. The molecule has 6 nitrogen and oxygen atoms in total. The van der Waals surface area contributed by atoms with Crippen molar-refractivity contribution in [3.05, 3.63) is 70.3 Å². The van der Waals surface area contributed by atoms with Crippen LogP contribution in [0.1, 0.15) is 41.4 Å². The zero-order chi connectivity index (χ0) is 17.4. The minimum absolute atomic E-state index is 0.000000000000000444. The van der Waals surface area contributed by atoms with Crippen molar-refractivity contribution in [3.8, 4) is 0 Å². The number of hydrogen-bond acceptors (Lipinski definition) is 5. The quantitative estimate of drug-likeness (QED) is 0.452. The number of fused-ring (bicyclic) bond motifs is 2. The number of cyclic esters (lactones) is 2. The number of benzene rings is 2. The van der Waals surface area contributed by atoms with Gasteiger partial charge >= 0.3 is 11.9 Å². The fourth-order valence-corrected chi connectivity index (χ4v) is 2.27. The molecule has 0 unspecified atom stereocenters. The van der Waals surface area contributed by atoms with E-state index < -0.39 is 35.4 Å². The van der Waals surface area contributed by atoms with Crippen LogP contribution in [0.5, 0.6) is 0 Å². The maximum atomic E-state index is 12.9. The molecule has 2 heterocycles. The molecular weight excluding hydrogens is 324 g/mol. The number of carbonyl (C=O) groups is 4. The molecule has 0 saturated heterocycles. The Labute approximate surface area is 133 Å². The Morgan fingerprint density at radius 3 is 1.88 bits per heavy atom. The van der Waals surface area contributed by atoms with Gasteiger partial charge in [0.15, 0.2) is 0 Å². The number of hydrogen-bond donors (Lipinski definition) is 1. The summed E-state index contributed by atoms with van der Waals surface area (Å²) < 4.78 is 30.0. The second-order valence-corrected chi connectivity index (χ2v) is 4.79. The Kier molecular flexibility index (Phi) is 3.64. The lowest BCUT2D eigenvalue weighted by Crippen LogP contribution is -2.20. The minimum atomic E-state index is -0.909. The lowest BCUT2D eigenvalue weighted by atomic mass is 10.1. The summed E-state index contributed by atoms with van der Waals surface area (Å²) in [4.78, 5) is 43.5. The standard InChI is InChI=1S/C8H4FNO2.C8H3FO3/c9-5-3-1-2-4-6(5)8(12)10-7(4)11;9-5-3-1-2-4-6(5)8(11)12-7(4)10/h1-3H,(H,10,11,12);1-3H. The molecule has 2 amide bonds. The lowest BCUT2D eigenvalue weighted by Gasteiger charge is -1.93. The van der Waals surface area contributed by atoms with Gasteiger partial charge in [-0.1, -0.05) is 12.1 Å². The van der Waals surface area contributed by atoms with Gasteiger partial charge in [0.1, 0.15) is 17.2 Å². The summed E-state index contributed by atoms with van der Waals surface area (Å²) in [5.41, 5.74) is -0.301. The summed E-state index contributed by atoms with van der Waals surface area (Å²) in [5.74, 6) is -4.26. The van der Waals surface area contributed by atoms with E-state index in [1.165, 1.54) is 24.3 Å². The van der Waals surface area contributed by atoms with Gasteiger partial charge in [0, 0.05) is 0 Å². The molecule has 4 rings (SSSR count). The number of imide groups is 1. The number of esters is 2. The van der Waals surface area contributed by atoms with Crippen molar-refractivity contribution in [1.82, 2.24) is 5.32 Å². The van der Waals surface area contributed by atoms with Crippen LogP contribution in [0, 0.1) is 11.6 Å². The maximum absolute atomic E-state index is 12.9. The Morgan fingerprint density at radius 1 is 0.708 bits per heavy atom. The molecule has 2 aliphatic heterocycles. The molecule has 1 N–H and O–H groups in total. The topological polar surface area (TPSA) is 89.5 Å². The third kappa shape index (κ3) is 2.43. The van der Waals surface area contributed by atoms with Gasteiger partial charge in [-0.2, -0.15) is 0 Å². The Balaban J connectivity index is 0.000000141. The summed E-state index contributed by atoms with van der Waals surface area (Å²) in [7, 11) is 0. The van der Waals surface area contributed by atoms with E-state index in [-0.39, 0.29) is 22.3 Å². The molecular formula is C16H7F2NO5. The second kappa shape index (κ2) is 5.65. The Hall–Kier alpha value is -3.42. The molecule has 0 spiro atoms. The molecule has 2 aliphatic rings. The number of amides is 2. The van der Waals surface area contributed by atoms with Gasteiger partial charge in [0.25, 0.3) is 11.8 Å². The molecule has 0 aromatic heterocycles. The van der Waals surface area contributed by atoms with Crippen molar-refractivity contribution in [2.45, 2.75) is 0 Å². The van der Waals surface area contributed by atoms with E-state index in [1.54, 1.807) is 0 Å². The van der Waals surface area contributed by atoms with Crippen molar-refractivity contribution in [3.63, 3.8) is 0 Å². The number of rotatable bonds is 0. The van der Waals surface area contributed by atoms with E-state index in [4.69, 9.17) is 0 Å². The van der Waals surface area contributed by atoms with Crippen LogP contribution >= 0.6 is 0 Å². The average molecular weight is 331 g/mol. The van der Waals surface area contributed by atoms with E-state index in [2.05, 4.69) is 4.74 Å².